The van der Waals surface area contributed by atoms with Crippen LogP contribution in [-0.2, 0) is 9.47 Å². The second-order valence-corrected chi connectivity index (χ2v) is 11.1. The maximum Gasteiger partial charge on any atom is 0.0883 e. The van der Waals surface area contributed by atoms with Crippen molar-refractivity contribution in [3.05, 3.63) is 0 Å². The Morgan fingerprint density at radius 1 is 0.929 bits per heavy atom. The molecule has 0 aromatic heterocycles. The van der Waals surface area contributed by atoms with Crippen LogP contribution in [0.1, 0.15) is 71.6 Å². The van der Waals surface area contributed by atoms with Crippen LogP contribution >= 0.6 is 0 Å². The standard InChI is InChI=1S/C24H42O4/c1-16(25)19-7-8-20-18-6-5-17-13-23(26,14-27-3)11-12-24(17,15-28-4)21(18)9-10-22(19,20)2/h16-21,25-26H,5-15H2,1-4H3/t16?,17-,18+,19-,20+,21+,22-,23-,24-/m1/s1. The number of ether oxygens (including phenoxy) is 2. The first kappa shape index (κ1) is 21.1. The molecule has 4 heteroatoms. The Bertz CT molecular complexity index is 565. The predicted octanol–water partition coefficient (Wildman–Crippen LogP) is 4.03. The number of hydrogen-bond acceptors (Lipinski definition) is 4. The molecule has 0 radical (unpaired) electrons. The molecule has 0 spiro atoms. The topological polar surface area (TPSA) is 58.9 Å². The van der Waals surface area contributed by atoms with Gasteiger partial charge in [0, 0.05) is 14.2 Å². The lowest BCUT2D eigenvalue weighted by atomic mass is 9.43. The number of hydrogen-bond donors (Lipinski definition) is 2. The first-order valence-corrected chi connectivity index (χ1v) is 11.7. The first-order chi connectivity index (χ1) is 13.3. The maximum absolute atomic E-state index is 11.1. The Hall–Kier alpha value is -0.160. The largest absolute Gasteiger partial charge is 0.393 e. The van der Waals surface area contributed by atoms with Gasteiger partial charge in [-0.1, -0.05) is 6.92 Å². The van der Waals surface area contributed by atoms with Gasteiger partial charge in [0.05, 0.1) is 24.9 Å². The summed E-state index contributed by atoms with van der Waals surface area (Å²) in [5, 5.41) is 21.5. The summed E-state index contributed by atoms with van der Waals surface area (Å²) in [6.45, 7) is 5.78. The van der Waals surface area contributed by atoms with Crippen molar-refractivity contribution < 1.29 is 19.7 Å². The minimum Gasteiger partial charge on any atom is -0.393 e. The average Bonchev–Trinajstić information content (AvgIpc) is 3.00. The molecule has 28 heavy (non-hydrogen) atoms. The van der Waals surface area contributed by atoms with E-state index in [1.54, 1.807) is 7.11 Å². The van der Waals surface area contributed by atoms with E-state index in [-0.39, 0.29) is 11.5 Å². The van der Waals surface area contributed by atoms with Crippen molar-refractivity contribution in [2.45, 2.75) is 83.3 Å². The second-order valence-electron chi connectivity index (χ2n) is 11.1. The summed E-state index contributed by atoms with van der Waals surface area (Å²) in [6.07, 6.45) is 10.1. The third kappa shape index (κ3) is 3.09. The molecule has 0 aromatic rings. The zero-order valence-electron chi connectivity index (χ0n) is 18.5. The fourth-order valence-electron chi connectivity index (χ4n) is 8.91. The molecule has 9 atom stereocenters. The molecule has 0 saturated heterocycles. The Balaban J connectivity index is 1.61. The molecule has 4 aliphatic carbocycles. The molecule has 2 N–H and O–H groups in total. The summed E-state index contributed by atoms with van der Waals surface area (Å²) >= 11 is 0. The minimum absolute atomic E-state index is 0.186. The summed E-state index contributed by atoms with van der Waals surface area (Å²) in [7, 11) is 3.56. The predicted molar refractivity (Wildman–Crippen MR) is 110 cm³/mol. The van der Waals surface area contributed by atoms with E-state index in [4.69, 9.17) is 9.47 Å². The van der Waals surface area contributed by atoms with Crippen molar-refractivity contribution in [3.8, 4) is 0 Å². The lowest BCUT2D eigenvalue weighted by molar-refractivity contribution is -0.188. The highest BCUT2D eigenvalue weighted by molar-refractivity contribution is 5.12. The van der Waals surface area contributed by atoms with E-state index in [0.717, 1.165) is 37.7 Å². The van der Waals surface area contributed by atoms with Gasteiger partial charge in [-0.05, 0) is 105 Å². The zero-order chi connectivity index (χ0) is 20.2. The van der Waals surface area contributed by atoms with Crippen LogP contribution in [0.15, 0.2) is 0 Å². The monoisotopic (exact) mass is 394 g/mol. The minimum atomic E-state index is -0.655. The second kappa shape index (κ2) is 7.51. The van der Waals surface area contributed by atoms with Gasteiger partial charge >= 0.3 is 0 Å². The highest BCUT2D eigenvalue weighted by Gasteiger charge is 2.63. The highest BCUT2D eigenvalue weighted by Crippen LogP contribution is 2.68. The smallest absolute Gasteiger partial charge is 0.0883 e. The lowest BCUT2D eigenvalue weighted by Crippen LogP contribution is -2.59. The number of methoxy groups -OCH3 is 2. The van der Waals surface area contributed by atoms with Gasteiger partial charge in [-0.3, -0.25) is 0 Å². The van der Waals surface area contributed by atoms with E-state index >= 15 is 0 Å². The molecule has 162 valence electrons. The van der Waals surface area contributed by atoms with Gasteiger partial charge < -0.3 is 19.7 Å². The van der Waals surface area contributed by atoms with Gasteiger partial charge in [0.2, 0.25) is 0 Å². The summed E-state index contributed by atoms with van der Waals surface area (Å²) in [6, 6.07) is 0. The molecule has 0 aromatic carbocycles. The van der Waals surface area contributed by atoms with Gasteiger partial charge in [-0.15, -0.1) is 0 Å². The van der Waals surface area contributed by atoms with Crippen LogP contribution in [0, 0.1) is 40.4 Å². The Kier molecular flexibility index (Phi) is 5.66. The quantitative estimate of drug-likeness (QED) is 0.739. The van der Waals surface area contributed by atoms with Crippen LogP contribution < -0.4 is 0 Å². The van der Waals surface area contributed by atoms with E-state index in [2.05, 4.69) is 6.92 Å². The van der Waals surface area contributed by atoms with E-state index in [9.17, 15) is 10.2 Å². The Labute approximate surface area is 171 Å². The fourth-order valence-corrected chi connectivity index (χ4v) is 8.91. The summed E-state index contributed by atoms with van der Waals surface area (Å²) in [4.78, 5) is 0. The van der Waals surface area contributed by atoms with Crippen LogP contribution in [-0.4, -0.2) is 49.4 Å². The number of fused-ring (bicyclic) bond motifs is 5. The van der Waals surface area contributed by atoms with E-state index in [1.165, 1.54) is 38.5 Å². The molecular weight excluding hydrogens is 352 g/mol. The molecule has 4 fully saturated rings. The number of aliphatic hydroxyl groups excluding tert-OH is 1. The molecular formula is C24H42O4. The molecule has 4 saturated carbocycles. The molecule has 0 bridgehead atoms. The average molecular weight is 395 g/mol. The van der Waals surface area contributed by atoms with Crippen LogP contribution in [0.3, 0.4) is 0 Å². The molecule has 0 amide bonds. The van der Waals surface area contributed by atoms with E-state index in [1.807, 2.05) is 14.0 Å². The summed E-state index contributed by atoms with van der Waals surface area (Å²) in [5.41, 5.74) is -0.124. The van der Waals surface area contributed by atoms with Gasteiger partial charge in [-0.25, -0.2) is 0 Å². The van der Waals surface area contributed by atoms with Gasteiger partial charge in [0.25, 0.3) is 0 Å². The summed E-state index contributed by atoms with van der Waals surface area (Å²) < 4.78 is 11.2. The van der Waals surface area contributed by atoms with Crippen molar-refractivity contribution in [2.24, 2.45) is 40.4 Å². The Morgan fingerprint density at radius 3 is 2.36 bits per heavy atom. The van der Waals surface area contributed by atoms with Gasteiger partial charge in [-0.2, -0.15) is 0 Å². The fraction of sp³-hybridized carbons (Fsp3) is 1.00. The van der Waals surface area contributed by atoms with Crippen LogP contribution in [0.25, 0.3) is 0 Å². The lowest BCUT2D eigenvalue weighted by Gasteiger charge is -2.63. The highest BCUT2D eigenvalue weighted by atomic mass is 16.5. The van der Waals surface area contributed by atoms with E-state index < -0.39 is 5.60 Å². The third-order valence-corrected chi connectivity index (χ3v) is 10.0. The normalized spacial score (nSPS) is 51.9. The van der Waals surface area contributed by atoms with Gasteiger partial charge in [0.1, 0.15) is 0 Å². The zero-order valence-corrected chi connectivity index (χ0v) is 18.5. The van der Waals surface area contributed by atoms with Crippen molar-refractivity contribution in [1.82, 2.24) is 0 Å². The first-order valence-electron chi connectivity index (χ1n) is 11.7. The molecule has 4 nitrogen and oxygen atoms in total. The number of rotatable bonds is 5. The van der Waals surface area contributed by atoms with Crippen LogP contribution in [0.2, 0.25) is 0 Å². The van der Waals surface area contributed by atoms with Crippen molar-refractivity contribution >= 4 is 0 Å². The molecule has 1 unspecified atom stereocenters. The molecule has 0 aliphatic heterocycles. The van der Waals surface area contributed by atoms with Gasteiger partial charge in [0.15, 0.2) is 0 Å². The molecule has 4 rings (SSSR count). The molecule has 4 aliphatic rings. The Morgan fingerprint density at radius 2 is 1.68 bits per heavy atom. The molecule has 0 heterocycles. The maximum atomic E-state index is 11.1. The summed E-state index contributed by atoms with van der Waals surface area (Å²) in [5.74, 6) is 3.24. The van der Waals surface area contributed by atoms with Crippen LogP contribution in [0.5, 0.6) is 0 Å². The SMILES string of the molecule is COC[C@@]1(O)CC[C@@]2(COC)[C@H](CC[C@H]3[C@@H]4CC[C@H](C(C)O)[C@@]4(C)CC[C@@H]32)C1. The van der Waals surface area contributed by atoms with Crippen molar-refractivity contribution in [1.29, 1.82) is 0 Å². The van der Waals surface area contributed by atoms with Crippen LogP contribution in [0.4, 0.5) is 0 Å². The van der Waals surface area contributed by atoms with E-state index in [0.29, 0.717) is 29.8 Å². The van der Waals surface area contributed by atoms with Crippen molar-refractivity contribution in [3.63, 3.8) is 0 Å². The number of aliphatic hydroxyl groups is 2. The third-order valence-electron chi connectivity index (χ3n) is 10.0. The van der Waals surface area contributed by atoms with Crippen molar-refractivity contribution in [2.75, 3.05) is 27.4 Å².